The predicted octanol–water partition coefficient (Wildman–Crippen LogP) is 0.692. The zero-order chi connectivity index (χ0) is 14.3. The lowest BCUT2D eigenvalue weighted by Gasteiger charge is -2.04. The number of imide groups is 1. The van der Waals surface area contributed by atoms with Gasteiger partial charge < -0.3 is 11.1 Å². The minimum atomic E-state index is -0.929. The van der Waals surface area contributed by atoms with Gasteiger partial charge in [-0.15, -0.1) is 11.8 Å². The molecule has 1 rings (SSSR count). The van der Waals surface area contributed by atoms with Crippen LogP contribution in [0.4, 0.5) is 14.9 Å². The molecule has 0 atom stereocenters. The van der Waals surface area contributed by atoms with Crippen molar-refractivity contribution in [3.8, 4) is 0 Å². The van der Waals surface area contributed by atoms with E-state index >= 15 is 0 Å². The molecule has 0 aliphatic heterocycles. The van der Waals surface area contributed by atoms with Gasteiger partial charge in [-0.2, -0.15) is 0 Å². The molecule has 1 aromatic rings. The third-order valence-electron chi connectivity index (χ3n) is 1.86. The molecule has 8 heteroatoms. The SMILES string of the molecule is NC(=O)NC(=O)CSCC(=O)Nc1ccc(F)cc1. The van der Waals surface area contributed by atoms with Crippen molar-refractivity contribution >= 4 is 35.3 Å². The van der Waals surface area contributed by atoms with Crippen molar-refractivity contribution in [3.63, 3.8) is 0 Å². The molecular weight excluding hydrogens is 273 g/mol. The summed E-state index contributed by atoms with van der Waals surface area (Å²) in [6, 6.07) is 4.38. The summed E-state index contributed by atoms with van der Waals surface area (Å²) in [5, 5.41) is 4.41. The van der Waals surface area contributed by atoms with Crippen LogP contribution in [0.3, 0.4) is 0 Å². The largest absolute Gasteiger partial charge is 0.351 e. The number of hydrogen-bond acceptors (Lipinski definition) is 4. The normalized spacial score (nSPS) is 9.74. The van der Waals surface area contributed by atoms with Gasteiger partial charge in [-0.05, 0) is 24.3 Å². The first kappa shape index (κ1) is 15.0. The first-order valence-electron chi connectivity index (χ1n) is 5.20. The van der Waals surface area contributed by atoms with E-state index in [2.05, 4.69) is 5.32 Å². The minimum Gasteiger partial charge on any atom is -0.351 e. The smallest absolute Gasteiger partial charge is 0.318 e. The lowest BCUT2D eigenvalue weighted by Crippen LogP contribution is -2.36. The fourth-order valence-electron chi connectivity index (χ4n) is 1.14. The van der Waals surface area contributed by atoms with E-state index in [0.29, 0.717) is 5.69 Å². The summed E-state index contributed by atoms with van der Waals surface area (Å²) in [7, 11) is 0. The van der Waals surface area contributed by atoms with E-state index in [9.17, 15) is 18.8 Å². The number of carbonyl (C=O) groups is 3. The molecule has 0 radical (unpaired) electrons. The summed E-state index contributed by atoms with van der Waals surface area (Å²) in [4.78, 5) is 32.8. The Morgan fingerprint density at radius 3 is 2.26 bits per heavy atom. The highest BCUT2D eigenvalue weighted by Gasteiger charge is 2.07. The molecule has 19 heavy (non-hydrogen) atoms. The van der Waals surface area contributed by atoms with Gasteiger partial charge in [-0.3, -0.25) is 14.9 Å². The van der Waals surface area contributed by atoms with Crippen molar-refractivity contribution in [3.05, 3.63) is 30.1 Å². The molecule has 0 fully saturated rings. The number of nitrogens with one attached hydrogen (secondary N) is 2. The molecule has 4 amide bonds. The Hall–Kier alpha value is -2.09. The Morgan fingerprint density at radius 2 is 1.68 bits per heavy atom. The number of urea groups is 1. The molecule has 4 N–H and O–H groups in total. The number of halogens is 1. The third kappa shape index (κ3) is 6.41. The highest BCUT2D eigenvalue weighted by atomic mass is 32.2. The zero-order valence-electron chi connectivity index (χ0n) is 9.81. The van der Waals surface area contributed by atoms with Gasteiger partial charge in [0.05, 0.1) is 11.5 Å². The van der Waals surface area contributed by atoms with Gasteiger partial charge in [0.15, 0.2) is 0 Å². The Morgan fingerprint density at radius 1 is 1.11 bits per heavy atom. The maximum absolute atomic E-state index is 12.6. The summed E-state index contributed by atoms with van der Waals surface area (Å²) in [5.74, 6) is -1.31. The average molecular weight is 285 g/mol. The number of hydrogen-bond donors (Lipinski definition) is 3. The molecule has 0 spiro atoms. The topological polar surface area (TPSA) is 101 Å². The number of thioether (sulfide) groups is 1. The minimum absolute atomic E-state index is 0.0313. The highest BCUT2D eigenvalue weighted by Crippen LogP contribution is 2.09. The zero-order valence-corrected chi connectivity index (χ0v) is 10.6. The Kier molecular flexibility index (Phi) is 5.80. The van der Waals surface area contributed by atoms with Gasteiger partial charge in [-0.1, -0.05) is 0 Å². The molecule has 0 unspecified atom stereocenters. The molecule has 0 aromatic heterocycles. The molecule has 0 heterocycles. The van der Waals surface area contributed by atoms with E-state index in [-0.39, 0.29) is 17.4 Å². The van der Waals surface area contributed by atoms with Crippen LogP contribution in [0.25, 0.3) is 0 Å². The van der Waals surface area contributed by atoms with E-state index in [1.54, 1.807) is 0 Å². The summed E-state index contributed by atoms with van der Waals surface area (Å²) in [6.45, 7) is 0. The quantitative estimate of drug-likeness (QED) is 0.741. The van der Waals surface area contributed by atoms with E-state index in [0.717, 1.165) is 11.8 Å². The lowest BCUT2D eigenvalue weighted by molar-refractivity contribution is -0.117. The Balaban J connectivity index is 2.26. The average Bonchev–Trinajstić information content (AvgIpc) is 2.31. The van der Waals surface area contributed by atoms with Gasteiger partial charge in [0.25, 0.3) is 0 Å². The van der Waals surface area contributed by atoms with E-state index in [1.807, 2.05) is 5.32 Å². The van der Waals surface area contributed by atoms with Crippen LogP contribution in [0.2, 0.25) is 0 Å². The van der Waals surface area contributed by atoms with Gasteiger partial charge in [0.1, 0.15) is 5.82 Å². The monoisotopic (exact) mass is 285 g/mol. The fraction of sp³-hybridized carbons (Fsp3) is 0.182. The molecule has 1 aromatic carbocycles. The molecule has 0 aliphatic carbocycles. The maximum atomic E-state index is 12.6. The second kappa shape index (κ2) is 7.37. The number of rotatable bonds is 5. The van der Waals surface area contributed by atoms with E-state index < -0.39 is 17.8 Å². The van der Waals surface area contributed by atoms with Crippen molar-refractivity contribution in [1.29, 1.82) is 0 Å². The first-order chi connectivity index (χ1) is 8.97. The standard InChI is InChI=1S/C11H12FN3O3S/c12-7-1-3-8(4-2-7)14-9(16)5-19-6-10(17)15-11(13)18/h1-4H,5-6H2,(H,14,16)(H3,13,15,17,18). The lowest BCUT2D eigenvalue weighted by atomic mass is 10.3. The molecule has 6 nitrogen and oxygen atoms in total. The van der Waals surface area contributed by atoms with Gasteiger partial charge in [0, 0.05) is 5.69 Å². The summed E-state index contributed by atoms with van der Waals surface area (Å²) in [5.41, 5.74) is 5.22. The van der Waals surface area contributed by atoms with Gasteiger partial charge in [0.2, 0.25) is 11.8 Å². The van der Waals surface area contributed by atoms with Crippen LogP contribution in [-0.4, -0.2) is 29.4 Å². The number of anilines is 1. The Bertz CT molecular complexity index is 479. The first-order valence-corrected chi connectivity index (χ1v) is 6.35. The van der Waals surface area contributed by atoms with Crippen LogP contribution in [0.1, 0.15) is 0 Å². The van der Waals surface area contributed by atoms with E-state index in [1.165, 1.54) is 24.3 Å². The van der Waals surface area contributed by atoms with Crippen LogP contribution in [0, 0.1) is 5.82 Å². The summed E-state index contributed by atoms with van der Waals surface area (Å²) in [6.07, 6.45) is 0. The second-order valence-corrected chi connectivity index (χ2v) is 4.45. The number of nitrogens with two attached hydrogens (primary N) is 1. The van der Waals surface area contributed by atoms with Crippen LogP contribution in [0.15, 0.2) is 24.3 Å². The summed E-state index contributed by atoms with van der Waals surface area (Å²) >= 11 is 1.03. The molecule has 102 valence electrons. The second-order valence-electron chi connectivity index (χ2n) is 3.46. The maximum Gasteiger partial charge on any atom is 0.318 e. The van der Waals surface area contributed by atoms with Crippen molar-refractivity contribution in [2.24, 2.45) is 5.73 Å². The van der Waals surface area contributed by atoms with Gasteiger partial charge >= 0.3 is 6.03 Å². The van der Waals surface area contributed by atoms with Crippen LogP contribution in [0.5, 0.6) is 0 Å². The predicted molar refractivity (Wildman–Crippen MR) is 70.1 cm³/mol. The van der Waals surface area contributed by atoms with Gasteiger partial charge in [-0.25, -0.2) is 9.18 Å². The number of primary amides is 1. The van der Waals surface area contributed by atoms with Crippen LogP contribution < -0.4 is 16.4 Å². The molecule has 0 aliphatic rings. The Labute approximate surface area is 112 Å². The number of benzene rings is 1. The van der Waals surface area contributed by atoms with Crippen molar-refractivity contribution in [2.45, 2.75) is 0 Å². The van der Waals surface area contributed by atoms with Crippen molar-refractivity contribution < 1.29 is 18.8 Å². The molecule has 0 saturated heterocycles. The number of carbonyl (C=O) groups excluding carboxylic acids is 3. The van der Waals surface area contributed by atoms with Crippen LogP contribution >= 0.6 is 11.8 Å². The van der Waals surface area contributed by atoms with Crippen molar-refractivity contribution in [2.75, 3.05) is 16.8 Å². The fourth-order valence-corrected chi connectivity index (χ4v) is 1.76. The van der Waals surface area contributed by atoms with Crippen molar-refractivity contribution in [1.82, 2.24) is 5.32 Å². The molecule has 0 saturated carbocycles. The number of amides is 4. The highest BCUT2D eigenvalue weighted by molar-refractivity contribution is 8.00. The molecule has 0 bridgehead atoms. The van der Waals surface area contributed by atoms with E-state index in [4.69, 9.17) is 5.73 Å². The summed E-state index contributed by atoms with van der Waals surface area (Å²) < 4.78 is 12.6. The third-order valence-corrected chi connectivity index (χ3v) is 2.79. The molecular formula is C11H12FN3O3S. The van der Waals surface area contributed by atoms with Crippen LogP contribution in [-0.2, 0) is 9.59 Å².